The first-order valence-corrected chi connectivity index (χ1v) is 27.3. The fourth-order valence-corrected chi connectivity index (χ4v) is 23.9. The summed E-state index contributed by atoms with van der Waals surface area (Å²) in [4.78, 5) is 3.87. The summed E-state index contributed by atoms with van der Waals surface area (Å²) in [5.41, 5.74) is 2.04. The van der Waals surface area contributed by atoms with Gasteiger partial charge in [-0.3, -0.25) is 0 Å². The molecule has 0 bridgehead atoms. The third kappa shape index (κ3) is 13.0. The lowest BCUT2D eigenvalue weighted by atomic mass is 10.3. The molecule has 1 saturated heterocycles. The molecule has 1 atom stereocenters. The lowest BCUT2D eigenvalue weighted by molar-refractivity contribution is 0.125. The van der Waals surface area contributed by atoms with Gasteiger partial charge in [-0.25, -0.2) is 0 Å². The van der Waals surface area contributed by atoms with E-state index in [4.69, 9.17) is 21.5 Å². The van der Waals surface area contributed by atoms with Gasteiger partial charge in [-0.15, -0.1) is 6.58 Å². The van der Waals surface area contributed by atoms with Gasteiger partial charge in [0, 0.05) is 27.4 Å². The van der Waals surface area contributed by atoms with Crippen LogP contribution in [0.4, 0.5) is 0 Å². The van der Waals surface area contributed by atoms with Crippen LogP contribution in [0.1, 0.15) is 12.8 Å². The molecule has 1 fully saturated rings. The van der Waals surface area contributed by atoms with Crippen molar-refractivity contribution in [1.29, 1.82) is 0 Å². The van der Waals surface area contributed by atoms with Gasteiger partial charge in [0.1, 0.15) is 8.24 Å². The average molecular weight is 594 g/mol. The molecule has 14 heteroatoms. The van der Waals surface area contributed by atoms with Crippen molar-refractivity contribution in [2.45, 2.75) is 87.9 Å². The topological polar surface area (TPSA) is 70.2 Å². The molecular formula is C20H49N2O5Si7. The third-order valence-electron chi connectivity index (χ3n) is 6.34. The molecule has 5 radical (unpaired) electrons. The van der Waals surface area contributed by atoms with Gasteiger partial charge in [0.2, 0.25) is 28.6 Å². The summed E-state index contributed by atoms with van der Waals surface area (Å²) in [6.07, 6.45) is 2.64. The molecule has 0 aromatic heterocycles. The summed E-state index contributed by atoms with van der Waals surface area (Å²) in [6, 6.07) is 8.06. The zero-order chi connectivity index (χ0) is 25.7. The van der Waals surface area contributed by atoms with E-state index < -0.39 is 42.8 Å². The summed E-state index contributed by atoms with van der Waals surface area (Å²) in [5, 5.41) is 0. The monoisotopic (exact) mass is 593 g/mol. The van der Waals surface area contributed by atoms with E-state index in [1.807, 2.05) is 5.70 Å². The van der Waals surface area contributed by atoms with E-state index in [2.05, 4.69) is 48.9 Å². The molecule has 34 heavy (non-hydrogen) atoms. The van der Waals surface area contributed by atoms with Crippen molar-refractivity contribution in [1.82, 2.24) is 9.63 Å². The van der Waals surface area contributed by atoms with Gasteiger partial charge in [0.05, 0.1) is 0 Å². The van der Waals surface area contributed by atoms with Crippen LogP contribution >= 0.6 is 0 Å². The lowest BCUT2D eigenvalue weighted by Gasteiger charge is -2.35. The second-order valence-corrected chi connectivity index (χ2v) is 31.3. The zero-order valence-corrected chi connectivity index (χ0v) is 29.9. The van der Waals surface area contributed by atoms with Crippen LogP contribution in [0.3, 0.4) is 0 Å². The maximum absolute atomic E-state index is 6.45. The summed E-state index contributed by atoms with van der Waals surface area (Å²) in [5.74, 6) is 0. The van der Waals surface area contributed by atoms with E-state index in [1.165, 1.54) is 37.0 Å². The normalized spacial score (nSPS) is 21.3. The van der Waals surface area contributed by atoms with E-state index >= 15 is 0 Å². The molecule has 197 valence electrons. The third-order valence-corrected chi connectivity index (χ3v) is 27.2. The molecule has 1 unspecified atom stereocenters. The number of hydrogen-bond donors (Lipinski definition) is 2. The van der Waals surface area contributed by atoms with Crippen molar-refractivity contribution in [3.05, 3.63) is 12.3 Å². The van der Waals surface area contributed by atoms with Crippen LogP contribution in [0.2, 0.25) is 75.0 Å². The predicted molar refractivity (Wildman–Crippen MR) is 157 cm³/mol. The van der Waals surface area contributed by atoms with E-state index in [1.54, 1.807) is 21.3 Å². The van der Waals surface area contributed by atoms with Crippen LogP contribution in [0.5, 0.6) is 0 Å². The van der Waals surface area contributed by atoms with Gasteiger partial charge < -0.3 is 31.1 Å². The van der Waals surface area contributed by atoms with E-state index in [-0.39, 0.29) is 0 Å². The smallest absolute Gasteiger partial charge is 0.456 e. The van der Waals surface area contributed by atoms with Crippen molar-refractivity contribution in [2.75, 3.05) is 27.9 Å². The number of hydrogen-bond acceptors (Lipinski definition) is 7. The minimum atomic E-state index is -2.52. The largest absolute Gasteiger partial charge is 0.499 e. The Morgan fingerprint density at radius 1 is 0.971 bits per heavy atom. The minimum Gasteiger partial charge on any atom is -0.456 e. The Bertz CT molecular complexity index is 579. The lowest BCUT2D eigenvalue weighted by Crippen LogP contribution is -2.61. The SMILES string of the molecule is C=C[Si](C)(C)O[Si]CC[Si]1(C)CCCCN[Si](CC[Si]O[Si](C)(C)CC[Si](OC)(OC)OC)N1. The molecule has 2 N–H and O–H groups in total. The summed E-state index contributed by atoms with van der Waals surface area (Å²) < 4.78 is 33.6. The molecule has 0 saturated carbocycles. The molecule has 1 rings (SSSR count). The molecular weight excluding hydrogens is 545 g/mol. The summed E-state index contributed by atoms with van der Waals surface area (Å²) in [7, 11) is -1.89. The Balaban J connectivity index is 2.46. The Hall–Kier alpha value is 0.978. The molecule has 1 aliphatic rings. The summed E-state index contributed by atoms with van der Waals surface area (Å²) in [6.45, 7) is 16.7. The zero-order valence-electron chi connectivity index (χ0n) is 22.9. The molecule has 0 amide bonds. The van der Waals surface area contributed by atoms with Crippen LogP contribution in [0, 0.1) is 0 Å². The van der Waals surface area contributed by atoms with Crippen molar-refractivity contribution < 1.29 is 21.5 Å². The van der Waals surface area contributed by atoms with E-state index in [0.29, 0.717) is 19.5 Å². The Morgan fingerprint density at radius 2 is 1.62 bits per heavy atom. The average Bonchev–Trinajstić information content (AvgIpc) is 2.79. The van der Waals surface area contributed by atoms with Gasteiger partial charge >= 0.3 is 8.80 Å². The molecule has 0 spiro atoms. The number of rotatable bonds is 17. The highest BCUT2D eigenvalue weighted by molar-refractivity contribution is 6.85. The maximum Gasteiger partial charge on any atom is 0.499 e. The van der Waals surface area contributed by atoms with Gasteiger partial charge in [-0.2, -0.15) is 0 Å². The Morgan fingerprint density at radius 3 is 2.24 bits per heavy atom. The van der Waals surface area contributed by atoms with Crippen molar-refractivity contribution >= 4 is 62.3 Å². The molecule has 0 aromatic rings. The highest BCUT2D eigenvalue weighted by Gasteiger charge is 2.40. The Labute approximate surface area is 220 Å². The second kappa shape index (κ2) is 16.1. The maximum atomic E-state index is 6.45. The van der Waals surface area contributed by atoms with Crippen LogP contribution in [-0.2, 0) is 21.5 Å². The molecule has 0 aromatic carbocycles. The molecule has 7 nitrogen and oxygen atoms in total. The first kappa shape index (κ1) is 33.0. The Kier molecular flexibility index (Phi) is 15.6. The summed E-state index contributed by atoms with van der Waals surface area (Å²) >= 11 is 0. The number of nitrogens with one attached hydrogen (secondary N) is 2. The second-order valence-electron chi connectivity index (χ2n) is 10.4. The van der Waals surface area contributed by atoms with Gasteiger partial charge in [-0.05, 0) is 75.4 Å². The fraction of sp³-hybridized carbons (Fsp3) is 0.900. The first-order chi connectivity index (χ1) is 15.9. The quantitative estimate of drug-likeness (QED) is 0.194. The highest BCUT2D eigenvalue weighted by atomic mass is 28.4. The van der Waals surface area contributed by atoms with Gasteiger partial charge in [0.25, 0.3) is 0 Å². The van der Waals surface area contributed by atoms with Gasteiger partial charge in [-0.1, -0.05) is 18.7 Å². The predicted octanol–water partition coefficient (Wildman–Crippen LogP) is 4.14. The van der Waals surface area contributed by atoms with Crippen LogP contribution in [0.15, 0.2) is 12.3 Å². The van der Waals surface area contributed by atoms with Crippen LogP contribution in [0.25, 0.3) is 0 Å². The minimum absolute atomic E-state index is 0.568. The first-order valence-electron chi connectivity index (χ1n) is 12.4. The molecule has 1 heterocycles. The van der Waals surface area contributed by atoms with E-state index in [9.17, 15) is 0 Å². The molecule has 1 aliphatic heterocycles. The van der Waals surface area contributed by atoms with Crippen molar-refractivity contribution in [3.8, 4) is 0 Å². The standard InChI is InChI=1S/C20H49N2O5Si7/c1-10-31(5,6)26-29-15-18-33(9)17-12-11-13-21-30(22-33)16-14-28-27-32(7,8)19-20-34(23-2,24-3)25-4/h10,21-22H,1,11-20H2,2-9H3. The highest BCUT2D eigenvalue weighted by Crippen LogP contribution is 2.24. The van der Waals surface area contributed by atoms with Crippen LogP contribution < -0.4 is 9.63 Å². The van der Waals surface area contributed by atoms with E-state index in [0.717, 1.165) is 24.7 Å². The fourth-order valence-electron chi connectivity index (χ4n) is 3.78. The van der Waals surface area contributed by atoms with Crippen molar-refractivity contribution in [3.63, 3.8) is 0 Å². The van der Waals surface area contributed by atoms with Gasteiger partial charge in [0.15, 0.2) is 16.6 Å². The van der Waals surface area contributed by atoms with Crippen LogP contribution in [-0.4, -0.2) is 90.2 Å². The van der Waals surface area contributed by atoms with Crippen molar-refractivity contribution in [2.24, 2.45) is 0 Å². The molecule has 0 aliphatic carbocycles.